The lowest BCUT2D eigenvalue weighted by Crippen LogP contribution is -2.24. The first kappa shape index (κ1) is 16.5. The Hall–Kier alpha value is -1.88. The van der Waals surface area contributed by atoms with E-state index < -0.39 is 0 Å². The van der Waals surface area contributed by atoms with E-state index in [1.54, 1.807) is 7.11 Å². The van der Waals surface area contributed by atoms with Crippen molar-refractivity contribution in [2.45, 2.75) is 32.6 Å². The molecule has 4 nitrogen and oxygen atoms in total. The third-order valence-electron chi connectivity index (χ3n) is 3.36. The van der Waals surface area contributed by atoms with Gasteiger partial charge in [-0.2, -0.15) is 0 Å². The fourth-order valence-electron chi connectivity index (χ4n) is 2.08. The molecule has 0 atom stereocenters. The number of carbonyl (C=O) groups is 1. The van der Waals surface area contributed by atoms with Gasteiger partial charge in [-0.25, -0.2) is 4.98 Å². The van der Waals surface area contributed by atoms with Crippen molar-refractivity contribution in [3.63, 3.8) is 0 Å². The van der Waals surface area contributed by atoms with Crippen LogP contribution in [0.1, 0.15) is 47.2 Å². The zero-order valence-corrected chi connectivity index (χ0v) is 13.9. The van der Waals surface area contributed by atoms with Gasteiger partial charge in [0.2, 0.25) is 0 Å². The summed E-state index contributed by atoms with van der Waals surface area (Å²) >= 11 is 1.52. The predicted molar refractivity (Wildman–Crippen MR) is 89.8 cm³/mol. The number of methoxy groups -OCH3 is 1. The van der Waals surface area contributed by atoms with E-state index in [1.807, 2.05) is 29.6 Å². The van der Waals surface area contributed by atoms with Gasteiger partial charge in [0.15, 0.2) is 0 Å². The second kappa shape index (κ2) is 8.54. The molecular weight excluding hydrogens is 296 g/mol. The summed E-state index contributed by atoms with van der Waals surface area (Å²) in [6.07, 6.45) is 4.04. The van der Waals surface area contributed by atoms with Crippen LogP contribution in [0.5, 0.6) is 5.75 Å². The number of benzene rings is 1. The summed E-state index contributed by atoms with van der Waals surface area (Å²) in [7, 11) is 1.65. The predicted octanol–water partition coefficient (Wildman–Crippen LogP) is 3.66. The molecule has 0 aliphatic carbocycles. The van der Waals surface area contributed by atoms with E-state index >= 15 is 0 Å². The summed E-state index contributed by atoms with van der Waals surface area (Å²) in [5, 5.41) is 5.69. The second-order valence-electron chi connectivity index (χ2n) is 5.11. The first-order chi connectivity index (χ1) is 10.7. The second-order valence-corrected chi connectivity index (χ2v) is 6.06. The third-order valence-corrected chi connectivity index (χ3v) is 4.21. The van der Waals surface area contributed by atoms with Gasteiger partial charge in [-0.05, 0) is 24.1 Å². The minimum atomic E-state index is -0.0756. The van der Waals surface area contributed by atoms with Gasteiger partial charge in [-0.1, -0.05) is 31.9 Å². The molecular formula is C17H22N2O2S. The fourth-order valence-corrected chi connectivity index (χ4v) is 2.89. The van der Waals surface area contributed by atoms with Crippen molar-refractivity contribution in [2.75, 3.05) is 13.7 Å². The van der Waals surface area contributed by atoms with E-state index in [-0.39, 0.29) is 5.91 Å². The molecule has 2 aromatic rings. The van der Waals surface area contributed by atoms with Crippen LogP contribution in [0.25, 0.3) is 0 Å². The molecule has 0 saturated heterocycles. The summed E-state index contributed by atoms with van der Waals surface area (Å²) in [6, 6.07) is 7.91. The van der Waals surface area contributed by atoms with Gasteiger partial charge in [-0.3, -0.25) is 4.79 Å². The average molecular weight is 318 g/mol. The first-order valence-electron chi connectivity index (χ1n) is 7.58. The molecule has 0 bridgehead atoms. The van der Waals surface area contributed by atoms with Crippen LogP contribution < -0.4 is 10.1 Å². The zero-order valence-electron chi connectivity index (χ0n) is 13.1. The molecule has 0 spiro atoms. The first-order valence-corrected chi connectivity index (χ1v) is 8.46. The highest BCUT2D eigenvalue weighted by Gasteiger charge is 2.10. The maximum atomic E-state index is 12.0. The highest BCUT2D eigenvalue weighted by molar-refractivity contribution is 7.09. The Morgan fingerprint density at radius 1 is 1.27 bits per heavy atom. The number of unbranched alkanes of at least 4 members (excludes halogenated alkanes) is 2. The smallest absolute Gasteiger partial charge is 0.270 e. The molecule has 1 N–H and O–H groups in total. The van der Waals surface area contributed by atoms with Crippen LogP contribution >= 0.6 is 11.3 Å². The summed E-state index contributed by atoms with van der Waals surface area (Å²) < 4.78 is 5.14. The van der Waals surface area contributed by atoms with Gasteiger partial charge in [0.1, 0.15) is 11.4 Å². The quantitative estimate of drug-likeness (QED) is 0.756. The van der Waals surface area contributed by atoms with E-state index in [4.69, 9.17) is 4.74 Å². The number of rotatable bonds is 8. The van der Waals surface area contributed by atoms with Crippen LogP contribution in [0.2, 0.25) is 0 Å². The van der Waals surface area contributed by atoms with Crippen LogP contribution in [-0.2, 0) is 6.42 Å². The highest BCUT2D eigenvalue weighted by atomic mass is 32.1. The van der Waals surface area contributed by atoms with Crippen molar-refractivity contribution in [2.24, 2.45) is 0 Å². The number of ether oxygens (including phenoxy) is 1. The molecule has 0 aliphatic rings. The van der Waals surface area contributed by atoms with Crippen molar-refractivity contribution in [3.8, 4) is 5.75 Å². The van der Waals surface area contributed by atoms with Crippen LogP contribution in [0.15, 0.2) is 29.6 Å². The zero-order chi connectivity index (χ0) is 15.8. The minimum Gasteiger partial charge on any atom is -0.497 e. The molecule has 1 aromatic heterocycles. The lowest BCUT2D eigenvalue weighted by Gasteiger charge is -2.02. The van der Waals surface area contributed by atoms with Gasteiger partial charge in [-0.15, -0.1) is 11.3 Å². The van der Waals surface area contributed by atoms with E-state index in [0.29, 0.717) is 5.69 Å². The molecule has 0 aliphatic heterocycles. The highest BCUT2D eigenvalue weighted by Crippen LogP contribution is 2.17. The van der Waals surface area contributed by atoms with Crippen molar-refractivity contribution < 1.29 is 9.53 Å². The van der Waals surface area contributed by atoms with Gasteiger partial charge in [0, 0.05) is 18.3 Å². The number of hydrogen-bond donors (Lipinski definition) is 1. The number of amides is 1. The summed E-state index contributed by atoms with van der Waals surface area (Å²) in [5.41, 5.74) is 1.68. The molecule has 5 heteroatoms. The number of nitrogens with one attached hydrogen (secondary N) is 1. The Kier molecular flexibility index (Phi) is 6.40. The minimum absolute atomic E-state index is 0.0756. The molecule has 1 amide bonds. The summed E-state index contributed by atoms with van der Waals surface area (Å²) in [4.78, 5) is 16.4. The lowest BCUT2D eigenvalue weighted by atomic mass is 10.1. The summed E-state index contributed by atoms with van der Waals surface area (Å²) in [6.45, 7) is 2.87. The molecule has 0 radical (unpaired) electrons. The molecule has 1 aromatic carbocycles. The van der Waals surface area contributed by atoms with Gasteiger partial charge in [0.05, 0.1) is 12.1 Å². The number of nitrogens with zero attached hydrogens (tertiary/aromatic N) is 1. The van der Waals surface area contributed by atoms with E-state index in [2.05, 4.69) is 17.2 Å². The molecule has 2 rings (SSSR count). The Morgan fingerprint density at radius 2 is 2.05 bits per heavy atom. The maximum Gasteiger partial charge on any atom is 0.270 e. The van der Waals surface area contributed by atoms with Crippen molar-refractivity contribution >= 4 is 17.2 Å². The van der Waals surface area contributed by atoms with Crippen molar-refractivity contribution in [1.29, 1.82) is 0 Å². The van der Waals surface area contributed by atoms with Gasteiger partial charge >= 0.3 is 0 Å². The van der Waals surface area contributed by atoms with E-state index in [1.165, 1.54) is 11.3 Å². The summed E-state index contributed by atoms with van der Waals surface area (Å²) in [5.74, 6) is 0.767. The monoisotopic (exact) mass is 318 g/mol. The Balaban J connectivity index is 1.88. The van der Waals surface area contributed by atoms with E-state index in [9.17, 15) is 4.79 Å². The number of carbonyl (C=O) groups excluding carboxylic acids is 1. The molecule has 1 heterocycles. The standard InChI is InChI=1S/C17H22N2O2S/c1-3-4-5-10-18-17(20)15-12-22-16(19-15)11-13-6-8-14(21-2)9-7-13/h6-9,12H,3-5,10-11H2,1-2H3,(H,18,20). The van der Waals surface area contributed by atoms with Crippen LogP contribution in [0.3, 0.4) is 0 Å². The molecule has 0 unspecified atom stereocenters. The Bertz CT molecular complexity index is 593. The molecule has 118 valence electrons. The Labute approximate surface area is 135 Å². The normalized spacial score (nSPS) is 10.5. The van der Waals surface area contributed by atoms with Crippen molar-refractivity contribution in [1.82, 2.24) is 10.3 Å². The largest absolute Gasteiger partial charge is 0.497 e. The van der Waals surface area contributed by atoms with Crippen LogP contribution in [0, 0.1) is 0 Å². The molecule has 22 heavy (non-hydrogen) atoms. The van der Waals surface area contributed by atoms with Crippen LogP contribution in [0.4, 0.5) is 0 Å². The fraction of sp³-hybridized carbons (Fsp3) is 0.412. The van der Waals surface area contributed by atoms with E-state index in [0.717, 1.165) is 48.5 Å². The van der Waals surface area contributed by atoms with Crippen LogP contribution in [-0.4, -0.2) is 24.5 Å². The maximum absolute atomic E-state index is 12.0. The third kappa shape index (κ3) is 4.84. The number of thiazole rings is 1. The molecule has 0 saturated carbocycles. The van der Waals surface area contributed by atoms with Crippen molar-refractivity contribution in [3.05, 3.63) is 45.9 Å². The topological polar surface area (TPSA) is 51.2 Å². The lowest BCUT2D eigenvalue weighted by molar-refractivity contribution is 0.0948. The SMILES string of the molecule is CCCCCNC(=O)c1csc(Cc2ccc(OC)cc2)n1. The van der Waals surface area contributed by atoms with Gasteiger partial charge < -0.3 is 10.1 Å². The Morgan fingerprint density at radius 3 is 2.73 bits per heavy atom. The molecule has 0 fully saturated rings. The average Bonchev–Trinajstić information content (AvgIpc) is 3.01. The van der Waals surface area contributed by atoms with Gasteiger partial charge in [0.25, 0.3) is 5.91 Å². The number of aromatic nitrogens is 1. The number of hydrogen-bond acceptors (Lipinski definition) is 4.